The molecule has 0 fully saturated rings. The average Bonchev–Trinajstić information content (AvgIpc) is 2.26. The van der Waals surface area contributed by atoms with Gasteiger partial charge in [-0.3, -0.25) is 4.79 Å². The smallest absolute Gasteiger partial charge is 0.217 e. The van der Waals surface area contributed by atoms with Crippen molar-refractivity contribution in [3.05, 3.63) is 29.8 Å². The lowest BCUT2D eigenvalue weighted by Gasteiger charge is -2.15. The summed E-state index contributed by atoms with van der Waals surface area (Å²) in [6, 6.07) is 8.11. The molecule has 0 saturated heterocycles. The molecule has 0 aromatic heterocycles. The first kappa shape index (κ1) is 13.6. The molecule has 0 bridgehead atoms. The highest BCUT2D eigenvalue weighted by Gasteiger charge is 2.08. The van der Waals surface area contributed by atoms with Crippen LogP contribution < -0.4 is 10.1 Å². The van der Waals surface area contributed by atoms with E-state index in [1.807, 2.05) is 31.2 Å². The molecule has 94 valence electrons. The minimum absolute atomic E-state index is 0.00413. The normalized spacial score (nSPS) is 11.9. The molecule has 0 aliphatic rings. The summed E-state index contributed by atoms with van der Waals surface area (Å²) in [5.74, 6) is 0.927. The molecular weight excluding hydrogens is 214 g/mol. The quantitative estimate of drug-likeness (QED) is 0.823. The fourth-order valence-corrected chi connectivity index (χ4v) is 1.75. The van der Waals surface area contributed by atoms with Crippen LogP contribution in [0.5, 0.6) is 5.75 Å². The predicted octanol–water partition coefficient (Wildman–Crippen LogP) is 2.54. The molecule has 0 heterocycles. The molecule has 1 amide bonds. The summed E-state index contributed by atoms with van der Waals surface area (Å²) in [5.41, 5.74) is 1.14. The van der Waals surface area contributed by atoms with Gasteiger partial charge in [0.1, 0.15) is 5.75 Å². The number of ether oxygens (including phenoxy) is 1. The van der Waals surface area contributed by atoms with Gasteiger partial charge in [-0.15, -0.1) is 0 Å². The maximum atomic E-state index is 11.0. The molecule has 1 N–H and O–H groups in total. The van der Waals surface area contributed by atoms with Crippen LogP contribution in [0.4, 0.5) is 0 Å². The molecule has 17 heavy (non-hydrogen) atoms. The van der Waals surface area contributed by atoms with Gasteiger partial charge in [-0.2, -0.15) is 0 Å². The summed E-state index contributed by atoms with van der Waals surface area (Å²) in [7, 11) is 0. The van der Waals surface area contributed by atoms with Gasteiger partial charge in [0.25, 0.3) is 0 Å². The number of amides is 1. The number of nitrogens with one attached hydrogen (secondary N) is 1. The second kappa shape index (κ2) is 6.94. The van der Waals surface area contributed by atoms with E-state index in [0.717, 1.165) is 30.8 Å². The molecule has 1 aromatic carbocycles. The Morgan fingerprint density at radius 3 is 2.76 bits per heavy atom. The third kappa shape index (κ3) is 4.89. The van der Waals surface area contributed by atoms with E-state index in [2.05, 4.69) is 12.2 Å². The first-order chi connectivity index (χ1) is 8.13. The summed E-state index contributed by atoms with van der Waals surface area (Å²) < 4.78 is 5.68. The Morgan fingerprint density at radius 2 is 2.12 bits per heavy atom. The molecular formula is C14H21NO2. The van der Waals surface area contributed by atoms with Crippen LogP contribution in [0, 0.1) is 0 Å². The Labute approximate surface area is 103 Å². The number of carbonyl (C=O) groups excluding carboxylic acids is 1. The number of hydrogen-bond acceptors (Lipinski definition) is 2. The van der Waals surface area contributed by atoms with Gasteiger partial charge >= 0.3 is 0 Å². The highest BCUT2D eigenvalue weighted by atomic mass is 16.5. The van der Waals surface area contributed by atoms with Crippen molar-refractivity contribution < 1.29 is 9.53 Å². The summed E-state index contributed by atoms with van der Waals surface area (Å²) in [6.07, 6.45) is 1.79. The van der Waals surface area contributed by atoms with Crippen LogP contribution in [0.2, 0.25) is 0 Å². The molecule has 0 aliphatic heterocycles. The monoisotopic (exact) mass is 235 g/mol. The van der Waals surface area contributed by atoms with Gasteiger partial charge in [0.15, 0.2) is 0 Å². The summed E-state index contributed by atoms with van der Waals surface area (Å²) in [4.78, 5) is 11.0. The topological polar surface area (TPSA) is 38.3 Å². The highest BCUT2D eigenvalue weighted by Crippen LogP contribution is 2.19. The number of para-hydroxylation sites is 1. The third-order valence-electron chi connectivity index (χ3n) is 2.41. The zero-order valence-electron chi connectivity index (χ0n) is 10.8. The number of rotatable bonds is 6. The van der Waals surface area contributed by atoms with Gasteiger partial charge in [-0.25, -0.2) is 0 Å². The lowest BCUT2D eigenvalue weighted by molar-refractivity contribution is -0.119. The second-order valence-corrected chi connectivity index (χ2v) is 4.26. The second-order valence-electron chi connectivity index (χ2n) is 4.26. The molecule has 0 spiro atoms. The molecule has 1 rings (SSSR count). The zero-order valence-corrected chi connectivity index (χ0v) is 10.8. The van der Waals surface area contributed by atoms with Gasteiger partial charge in [0.05, 0.1) is 6.61 Å². The van der Waals surface area contributed by atoms with Crippen molar-refractivity contribution in [2.24, 2.45) is 0 Å². The predicted molar refractivity (Wildman–Crippen MR) is 69.2 cm³/mol. The van der Waals surface area contributed by atoms with E-state index < -0.39 is 0 Å². The summed E-state index contributed by atoms with van der Waals surface area (Å²) in [6.45, 7) is 6.35. The van der Waals surface area contributed by atoms with Gasteiger partial charge in [-0.05, 0) is 31.4 Å². The van der Waals surface area contributed by atoms with Crippen LogP contribution in [0.15, 0.2) is 24.3 Å². The maximum Gasteiger partial charge on any atom is 0.217 e. The first-order valence-corrected chi connectivity index (χ1v) is 6.11. The number of benzene rings is 1. The Bertz CT molecular complexity index is 363. The third-order valence-corrected chi connectivity index (χ3v) is 2.41. The number of carbonyl (C=O) groups is 1. The molecule has 0 aliphatic carbocycles. The Kier molecular flexibility index (Phi) is 5.53. The fourth-order valence-electron chi connectivity index (χ4n) is 1.75. The van der Waals surface area contributed by atoms with Crippen molar-refractivity contribution in [3.8, 4) is 5.75 Å². The van der Waals surface area contributed by atoms with E-state index in [4.69, 9.17) is 4.74 Å². The van der Waals surface area contributed by atoms with Crippen LogP contribution in [0.25, 0.3) is 0 Å². The standard InChI is InChI=1S/C14H21NO2/c1-4-9-17-14-8-6-5-7-13(14)10-11(2)15-12(3)16/h5-8,11H,4,9-10H2,1-3H3,(H,15,16). The Hall–Kier alpha value is -1.51. The van der Waals surface area contributed by atoms with Crippen LogP contribution >= 0.6 is 0 Å². The van der Waals surface area contributed by atoms with E-state index >= 15 is 0 Å². The van der Waals surface area contributed by atoms with E-state index in [9.17, 15) is 4.79 Å². The fraction of sp³-hybridized carbons (Fsp3) is 0.500. The van der Waals surface area contributed by atoms with E-state index in [1.165, 1.54) is 6.92 Å². The molecule has 3 nitrogen and oxygen atoms in total. The Morgan fingerprint density at radius 1 is 1.41 bits per heavy atom. The van der Waals surface area contributed by atoms with E-state index in [0.29, 0.717) is 0 Å². The SMILES string of the molecule is CCCOc1ccccc1CC(C)NC(C)=O. The first-order valence-electron chi connectivity index (χ1n) is 6.11. The van der Waals surface area contributed by atoms with Gasteiger partial charge in [-0.1, -0.05) is 25.1 Å². The van der Waals surface area contributed by atoms with Crippen LogP contribution in [-0.4, -0.2) is 18.6 Å². The minimum atomic E-state index is 0.00413. The van der Waals surface area contributed by atoms with Crippen LogP contribution in [-0.2, 0) is 11.2 Å². The van der Waals surface area contributed by atoms with E-state index in [-0.39, 0.29) is 11.9 Å². The lowest BCUT2D eigenvalue weighted by Crippen LogP contribution is -2.32. The summed E-state index contributed by atoms with van der Waals surface area (Å²) in [5, 5.41) is 2.88. The molecule has 0 radical (unpaired) electrons. The highest BCUT2D eigenvalue weighted by molar-refractivity contribution is 5.73. The van der Waals surface area contributed by atoms with Crippen molar-refractivity contribution in [1.82, 2.24) is 5.32 Å². The van der Waals surface area contributed by atoms with Crippen molar-refractivity contribution in [2.75, 3.05) is 6.61 Å². The maximum absolute atomic E-state index is 11.0. The average molecular weight is 235 g/mol. The van der Waals surface area contributed by atoms with Crippen molar-refractivity contribution in [3.63, 3.8) is 0 Å². The van der Waals surface area contributed by atoms with Crippen LogP contribution in [0.3, 0.4) is 0 Å². The van der Waals surface area contributed by atoms with E-state index in [1.54, 1.807) is 0 Å². The lowest BCUT2D eigenvalue weighted by atomic mass is 10.1. The Balaban J connectivity index is 2.65. The van der Waals surface area contributed by atoms with Crippen LogP contribution in [0.1, 0.15) is 32.8 Å². The van der Waals surface area contributed by atoms with Gasteiger partial charge < -0.3 is 10.1 Å². The number of hydrogen-bond donors (Lipinski definition) is 1. The molecule has 1 aromatic rings. The summed E-state index contributed by atoms with van der Waals surface area (Å²) >= 11 is 0. The van der Waals surface area contributed by atoms with Crippen molar-refractivity contribution >= 4 is 5.91 Å². The molecule has 0 saturated carbocycles. The van der Waals surface area contributed by atoms with Gasteiger partial charge in [0.2, 0.25) is 5.91 Å². The molecule has 1 atom stereocenters. The molecule has 3 heteroatoms. The van der Waals surface area contributed by atoms with Crippen molar-refractivity contribution in [2.45, 2.75) is 39.7 Å². The minimum Gasteiger partial charge on any atom is -0.493 e. The van der Waals surface area contributed by atoms with Gasteiger partial charge in [0, 0.05) is 13.0 Å². The molecule has 1 unspecified atom stereocenters. The largest absolute Gasteiger partial charge is 0.493 e. The van der Waals surface area contributed by atoms with Crippen molar-refractivity contribution in [1.29, 1.82) is 0 Å². The zero-order chi connectivity index (χ0) is 12.7.